The van der Waals surface area contributed by atoms with E-state index in [1.165, 1.54) is 5.56 Å². The van der Waals surface area contributed by atoms with Crippen LogP contribution in [0.15, 0.2) is 36.7 Å². The van der Waals surface area contributed by atoms with E-state index in [1.807, 2.05) is 11.9 Å². The SMILES string of the molecule is CCc1ccc(N(C)c2ncc(CN)cn2)cc1. The van der Waals surface area contributed by atoms with Gasteiger partial charge in [-0.1, -0.05) is 19.1 Å². The molecule has 0 aliphatic carbocycles. The highest BCUT2D eigenvalue weighted by Gasteiger charge is 2.06. The Labute approximate surface area is 107 Å². The highest BCUT2D eigenvalue weighted by Crippen LogP contribution is 2.20. The molecule has 94 valence electrons. The predicted molar refractivity (Wildman–Crippen MR) is 73.8 cm³/mol. The first-order chi connectivity index (χ1) is 8.74. The number of hydrogen-bond acceptors (Lipinski definition) is 4. The van der Waals surface area contributed by atoms with E-state index in [9.17, 15) is 0 Å². The summed E-state index contributed by atoms with van der Waals surface area (Å²) >= 11 is 0. The quantitative estimate of drug-likeness (QED) is 0.893. The minimum atomic E-state index is 0.467. The Hall–Kier alpha value is -1.94. The number of benzene rings is 1. The van der Waals surface area contributed by atoms with Gasteiger partial charge in [0.15, 0.2) is 0 Å². The van der Waals surface area contributed by atoms with Crippen LogP contribution >= 0.6 is 0 Å². The van der Waals surface area contributed by atoms with Gasteiger partial charge in [0.2, 0.25) is 5.95 Å². The van der Waals surface area contributed by atoms with Crippen molar-refractivity contribution in [3.63, 3.8) is 0 Å². The maximum absolute atomic E-state index is 5.53. The van der Waals surface area contributed by atoms with Gasteiger partial charge >= 0.3 is 0 Å². The monoisotopic (exact) mass is 242 g/mol. The first-order valence-electron chi connectivity index (χ1n) is 6.08. The lowest BCUT2D eigenvalue weighted by Crippen LogP contribution is -2.13. The molecule has 0 saturated carbocycles. The molecular formula is C14H18N4. The average Bonchev–Trinajstić information content (AvgIpc) is 2.47. The van der Waals surface area contributed by atoms with Crippen molar-refractivity contribution in [2.24, 2.45) is 5.73 Å². The van der Waals surface area contributed by atoms with E-state index in [0.29, 0.717) is 12.5 Å². The molecule has 0 aliphatic rings. The number of aryl methyl sites for hydroxylation is 1. The van der Waals surface area contributed by atoms with E-state index in [2.05, 4.69) is 41.2 Å². The third-order valence-corrected chi connectivity index (χ3v) is 2.96. The third kappa shape index (κ3) is 2.65. The van der Waals surface area contributed by atoms with E-state index in [1.54, 1.807) is 12.4 Å². The second kappa shape index (κ2) is 5.60. The van der Waals surface area contributed by atoms with Crippen LogP contribution in [0.1, 0.15) is 18.1 Å². The van der Waals surface area contributed by atoms with Crippen LogP contribution in [-0.2, 0) is 13.0 Å². The van der Waals surface area contributed by atoms with Crippen LogP contribution in [0, 0.1) is 0 Å². The summed E-state index contributed by atoms with van der Waals surface area (Å²) in [5.41, 5.74) is 8.87. The van der Waals surface area contributed by atoms with E-state index < -0.39 is 0 Å². The van der Waals surface area contributed by atoms with Crippen molar-refractivity contribution in [2.45, 2.75) is 19.9 Å². The number of anilines is 2. The van der Waals surface area contributed by atoms with Crippen LogP contribution in [0.25, 0.3) is 0 Å². The molecule has 1 aromatic carbocycles. The molecule has 0 radical (unpaired) electrons. The van der Waals surface area contributed by atoms with Crippen molar-refractivity contribution >= 4 is 11.6 Å². The Morgan fingerprint density at radius 1 is 1.06 bits per heavy atom. The molecule has 2 aromatic rings. The first-order valence-corrected chi connectivity index (χ1v) is 6.08. The second-order valence-electron chi connectivity index (χ2n) is 4.17. The van der Waals surface area contributed by atoms with E-state index >= 15 is 0 Å². The molecule has 0 aliphatic heterocycles. The average molecular weight is 242 g/mol. The molecule has 0 amide bonds. The molecule has 2 N–H and O–H groups in total. The van der Waals surface area contributed by atoms with Crippen molar-refractivity contribution in [1.82, 2.24) is 9.97 Å². The van der Waals surface area contributed by atoms with Gasteiger partial charge in [-0.3, -0.25) is 0 Å². The summed E-state index contributed by atoms with van der Waals surface area (Å²) in [7, 11) is 1.96. The van der Waals surface area contributed by atoms with Crippen LogP contribution in [0.5, 0.6) is 0 Å². The van der Waals surface area contributed by atoms with Crippen molar-refractivity contribution in [1.29, 1.82) is 0 Å². The summed E-state index contributed by atoms with van der Waals surface area (Å²) < 4.78 is 0. The fraction of sp³-hybridized carbons (Fsp3) is 0.286. The molecule has 4 heteroatoms. The number of aromatic nitrogens is 2. The Morgan fingerprint density at radius 2 is 1.67 bits per heavy atom. The summed E-state index contributed by atoms with van der Waals surface area (Å²) in [6, 6.07) is 8.41. The van der Waals surface area contributed by atoms with Gasteiger partial charge in [-0.2, -0.15) is 0 Å². The summed E-state index contributed by atoms with van der Waals surface area (Å²) in [6.45, 7) is 2.61. The number of nitrogens with zero attached hydrogens (tertiary/aromatic N) is 3. The fourth-order valence-corrected chi connectivity index (χ4v) is 1.70. The maximum Gasteiger partial charge on any atom is 0.229 e. The minimum Gasteiger partial charge on any atom is -0.326 e. The van der Waals surface area contributed by atoms with Gasteiger partial charge in [0, 0.05) is 37.2 Å². The summed E-state index contributed by atoms with van der Waals surface area (Å²) in [4.78, 5) is 10.6. The van der Waals surface area contributed by atoms with Gasteiger partial charge in [-0.15, -0.1) is 0 Å². The van der Waals surface area contributed by atoms with Crippen molar-refractivity contribution in [3.8, 4) is 0 Å². The predicted octanol–water partition coefficient (Wildman–Crippen LogP) is 2.27. The van der Waals surface area contributed by atoms with Crippen LogP contribution in [0.3, 0.4) is 0 Å². The molecule has 0 spiro atoms. The highest BCUT2D eigenvalue weighted by molar-refractivity contribution is 5.56. The van der Waals surface area contributed by atoms with Gasteiger partial charge in [0.25, 0.3) is 0 Å². The molecule has 18 heavy (non-hydrogen) atoms. The summed E-state index contributed by atoms with van der Waals surface area (Å²) in [5.74, 6) is 0.677. The van der Waals surface area contributed by atoms with Gasteiger partial charge in [-0.05, 0) is 24.1 Å². The molecule has 0 bridgehead atoms. The fourth-order valence-electron chi connectivity index (χ4n) is 1.70. The second-order valence-corrected chi connectivity index (χ2v) is 4.17. The molecule has 1 aromatic heterocycles. The lowest BCUT2D eigenvalue weighted by molar-refractivity contribution is 0.976. The zero-order valence-corrected chi connectivity index (χ0v) is 10.8. The molecular weight excluding hydrogens is 224 g/mol. The molecule has 0 saturated heterocycles. The van der Waals surface area contributed by atoms with E-state index in [4.69, 9.17) is 5.73 Å². The molecule has 0 unspecified atom stereocenters. The van der Waals surface area contributed by atoms with Crippen LogP contribution < -0.4 is 10.6 Å². The highest BCUT2D eigenvalue weighted by atomic mass is 15.2. The van der Waals surface area contributed by atoms with E-state index in [0.717, 1.165) is 17.7 Å². The van der Waals surface area contributed by atoms with Gasteiger partial charge in [0.05, 0.1) is 0 Å². The lowest BCUT2D eigenvalue weighted by atomic mass is 10.1. The zero-order valence-electron chi connectivity index (χ0n) is 10.8. The van der Waals surface area contributed by atoms with Gasteiger partial charge in [-0.25, -0.2) is 9.97 Å². The molecule has 0 atom stereocenters. The van der Waals surface area contributed by atoms with Crippen molar-refractivity contribution < 1.29 is 0 Å². The van der Waals surface area contributed by atoms with Crippen LogP contribution in [0.4, 0.5) is 11.6 Å². The lowest BCUT2D eigenvalue weighted by Gasteiger charge is -2.17. The largest absolute Gasteiger partial charge is 0.326 e. The Balaban J connectivity index is 2.20. The molecule has 1 heterocycles. The normalized spacial score (nSPS) is 10.4. The Bertz CT molecular complexity index is 443. The summed E-state index contributed by atoms with van der Waals surface area (Å²) in [5, 5.41) is 0. The van der Waals surface area contributed by atoms with Gasteiger partial charge in [0.1, 0.15) is 0 Å². The number of rotatable bonds is 4. The molecule has 4 nitrogen and oxygen atoms in total. The Kier molecular flexibility index (Phi) is 3.89. The number of hydrogen-bond donors (Lipinski definition) is 1. The van der Waals surface area contributed by atoms with E-state index in [-0.39, 0.29) is 0 Å². The Morgan fingerprint density at radius 3 is 2.17 bits per heavy atom. The number of nitrogens with two attached hydrogens (primary N) is 1. The van der Waals surface area contributed by atoms with Crippen molar-refractivity contribution in [3.05, 3.63) is 47.8 Å². The minimum absolute atomic E-state index is 0.467. The smallest absolute Gasteiger partial charge is 0.229 e. The van der Waals surface area contributed by atoms with Crippen molar-refractivity contribution in [2.75, 3.05) is 11.9 Å². The summed E-state index contributed by atoms with van der Waals surface area (Å²) in [6.07, 6.45) is 4.57. The first kappa shape index (κ1) is 12.5. The zero-order chi connectivity index (χ0) is 13.0. The standard InChI is InChI=1S/C14H18N4/c1-3-11-4-6-13(7-5-11)18(2)14-16-9-12(8-15)10-17-14/h4-7,9-10H,3,8,15H2,1-2H3. The molecule has 0 fully saturated rings. The van der Waals surface area contributed by atoms with Gasteiger partial charge < -0.3 is 10.6 Å². The third-order valence-electron chi connectivity index (χ3n) is 2.96. The van der Waals surface area contributed by atoms with Crippen LogP contribution in [0.2, 0.25) is 0 Å². The maximum atomic E-state index is 5.53. The van der Waals surface area contributed by atoms with Crippen LogP contribution in [-0.4, -0.2) is 17.0 Å². The topological polar surface area (TPSA) is 55.0 Å². The molecule has 2 rings (SSSR count).